The van der Waals surface area contributed by atoms with E-state index in [1.807, 2.05) is 12.1 Å². The van der Waals surface area contributed by atoms with Crippen molar-refractivity contribution in [3.8, 4) is 0 Å². The summed E-state index contributed by atoms with van der Waals surface area (Å²) in [7, 11) is 0. The number of ether oxygens (including phenoxy) is 1. The van der Waals surface area contributed by atoms with Crippen molar-refractivity contribution in [1.29, 1.82) is 0 Å². The maximum absolute atomic E-state index is 13.1. The first-order chi connectivity index (χ1) is 13.3. The van der Waals surface area contributed by atoms with E-state index >= 15 is 0 Å². The number of benzene rings is 2. The normalized spacial score (nSPS) is 28.4. The number of halogens is 4. The van der Waals surface area contributed by atoms with Gasteiger partial charge in [-0.05, 0) is 73.8 Å². The third kappa shape index (κ3) is 4.09. The first kappa shape index (κ1) is 19.4. The fraction of sp³-hybridized carbons (Fsp3) is 0.478. The Morgan fingerprint density at radius 1 is 0.821 bits per heavy atom. The number of hydrogen-bond donors (Lipinski definition) is 0. The monoisotopic (exact) mass is 392 g/mol. The topological polar surface area (TPSA) is 9.23 Å². The van der Waals surface area contributed by atoms with Gasteiger partial charge >= 0.3 is 6.18 Å². The smallest absolute Gasteiger partial charge is 0.374 e. The van der Waals surface area contributed by atoms with Crippen molar-refractivity contribution in [2.45, 2.75) is 62.1 Å². The lowest BCUT2D eigenvalue weighted by atomic mass is 9.72. The Balaban J connectivity index is 1.36. The molecule has 28 heavy (non-hydrogen) atoms. The maximum atomic E-state index is 13.1. The predicted octanol–water partition coefficient (Wildman–Crippen LogP) is 6.84. The largest absolute Gasteiger partial charge is 0.416 e. The van der Waals surface area contributed by atoms with Crippen molar-refractivity contribution in [3.05, 3.63) is 71.0 Å². The van der Waals surface area contributed by atoms with Gasteiger partial charge in [-0.25, -0.2) is 4.39 Å². The zero-order chi connectivity index (χ0) is 19.8. The lowest BCUT2D eigenvalue weighted by molar-refractivity contribution is -0.137. The van der Waals surface area contributed by atoms with E-state index in [0.717, 1.165) is 44.6 Å². The molecule has 1 aliphatic carbocycles. The predicted molar refractivity (Wildman–Crippen MR) is 99.7 cm³/mol. The van der Waals surface area contributed by atoms with Crippen LogP contribution in [0.2, 0.25) is 0 Å². The molecule has 4 rings (SSSR count). The van der Waals surface area contributed by atoms with Crippen molar-refractivity contribution in [2.24, 2.45) is 0 Å². The summed E-state index contributed by atoms with van der Waals surface area (Å²) in [6.45, 7) is 0.475. The van der Waals surface area contributed by atoms with E-state index < -0.39 is 11.7 Å². The zero-order valence-electron chi connectivity index (χ0n) is 15.6. The Labute approximate surface area is 162 Å². The van der Waals surface area contributed by atoms with Crippen molar-refractivity contribution in [2.75, 3.05) is 6.61 Å². The Hall–Kier alpha value is -1.88. The Morgan fingerprint density at radius 2 is 1.46 bits per heavy atom. The van der Waals surface area contributed by atoms with Crippen LogP contribution in [0.3, 0.4) is 0 Å². The highest BCUT2D eigenvalue weighted by molar-refractivity contribution is 5.29. The molecule has 0 amide bonds. The molecule has 2 fully saturated rings. The molecule has 0 aromatic heterocycles. The van der Waals surface area contributed by atoms with Gasteiger partial charge in [0.2, 0.25) is 0 Å². The van der Waals surface area contributed by atoms with Crippen LogP contribution in [0, 0.1) is 5.82 Å². The molecule has 1 heterocycles. The molecule has 0 N–H and O–H groups in total. The molecule has 1 aliphatic heterocycles. The van der Waals surface area contributed by atoms with Crippen LogP contribution in [0.1, 0.15) is 67.1 Å². The van der Waals surface area contributed by atoms with E-state index in [2.05, 4.69) is 0 Å². The van der Waals surface area contributed by atoms with E-state index in [-0.39, 0.29) is 17.3 Å². The quantitative estimate of drug-likeness (QED) is 0.509. The van der Waals surface area contributed by atoms with Crippen LogP contribution < -0.4 is 0 Å². The molecule has 150 valence electrons. The van der Waals surface area contributed by atoms with Crippen molar-refractivity contribution in [1.82, 2.24) is 0 Å². The average Bonchev–Trinajstić information content (AvgIpc) is 2.69. The molecule has 2 aromatic carbocycles. The van der Waals surface area contributed by atoms with Gasteiger partial charge in [0.15, 0.2) is 0 Å². The van der Waals surface area contributed by atoms with Crippen LogP contribution in [-0.4, -0.2) is 12.2 Å². The average molecular weight is 392 g/mol. The molecule has 0 radical (unpaired) electrons. The van der Waals surface area contributed by atoms with E-state index in [0.29, 0.717) is 18.1 Å². The van der Waals surface area contributed by atoms with Crippen LogP contribution in [0.4, 0.5) is 17.6 Å². The maximum Gasteiger partial charge on any atom is 0.416 e. The van der Waals surface area contributed by atoms with Gasteiger partial charge in [-0.15, -0.1) is 0 Å². The molecule has 1 atom stereocenters. The van der Waals surface area contributed by atoms with Crippen LogP contribution >= 0.6 is 0 Å². The van der Waals surface area contributed by atoms with E-state index in [9.17, 15) is 17.6 Å². The molecule has 1 saturated carbocycles. The van der Waals surface area contributed by atoms with Gasteiger partial charge in [-0.3, -0.25) is 0 Å². The molecule has 1 unspecified atom stereocenters. The van der Waals surface area contributed by atoms with Crippen LogP contribution in [0.25, 0.3) is 0 Å². The summed E-state index contributed by atoms with van der Waals surface area (Å²) < 4.78 is 58.3. The fourth-order valence-corrected chi connectivity index (χ4v) is 4.71. The lowest BCUT2D eigenvalue weighted by Crippen LogP contribution is -2.41. The molecule has 1 saturated heterocycles. The second-order valence-corrected chi connectivity index (χ2v) is 8.18. The summed E-state index contributed by atoms with van der Waals surface area (Å²) in [5.41, 5.74) is 1.15. The van der Waals surface area contributed by atoms with Crippen molar-refractivity contribution < 1.29 is 22.3 Å². The van der Waals surface area contributed by atoms with Crippen LogP contribution in [0.5, 0.6) is 0 Å². The van der Waals surface area contributed by atoms with Gasteiger partial charge in [0, 0.05) is 5.92 Å². The van der Waals surface area contributed by atoms with Gasteiger partial charge in [0.05, 0.1) is 17.8 Å². The summed E-state index contributed by atoms with van der Waals surface area (Å²) in [4.78, 5) is 0. The Kier molecular flexibility index (Phi) is 5.21. The Bertz CT molecular complexity index is 794. The standard InChI is InChI=1S/C23H24F4O/c24-21-6-4-16(5-7-21)17-8-11-22(12-9-17)13-10-19(15-28-22)18-2-1-3-20(14-18)23(25,26)27/h1-7,14,17,19H,8-13,15H2. The minimum atomic E-state index is -4.31. The summed E-state index contributed by atoms with van der Waals surface area (Å²) in [6.07, 6.45) is 1.31. The number of alkyl halides is 3. The number of rotatable bonds is 2. The van der Waals surface area contributed by atoms with E-state index in [1.165, 1.54) is 29.8 Å². The van der Waals surface area contributed by atoms with Gasteiger partial charge in [-0.2, -0.15) is 13.2 Å². The van der Waals surface area contributed by atoms with Gasteiger partial charge < -0.3 is 4.74 Å². The summed E-state index contributed by atoms with van der Waals surface area (Å²) in [5, 5.41) is 0. The first-order valence-corrected chi connectivity index (χ1v) is 9.91. The zero-order valence-corrected chi connectivity index (χ0v) is 15.6. The molecule has 2 aromatic rings. The second kappa shape index (κ2) is 7.51. The second-order valence-electron chi connectivity index (χ2n) is 8.18. The highest BCUT2D eigenvalue weighted by atomic mass is 19.4. The van der Waals surface area contributed by atoms with Gasteiger partial charge in [-0.1, -0.05) is 30.3 Å². The third-order valence-electron chi connectivity index (χ3n) is 6.46. The van der Waals surface area contributed by atoms with Gasteiger partial charge in [0.1, 0.15) is 5.82 Å². The highest BCUT2D eigenvalue weighted by Crippen LogP contribution is 2.46. The summed E-state index contributed by atoms with van der Waals surface area (Å²) >= 11 is 0. The summed E-state index contributed by atoms with van der Waals surface area (Å²) in [6, 6.07) is 12.4. The van der Waals surface area contributed by atoms with Gasteiger partial charge in [0.25, 0.3) is 0 Å². The SMILES string of the molecule is Fc1ccc(C2CCC3(CC2)CCC(c2cccc(C(F)(F)F)c2)CO3)cc1. The minimum Gasteiger partial charge on any atom is -0.374 e. The van der Waals surface area contributed by atoms with E-state index in [4.69, 9.17) is 4.74 Å². The molecular weight excluding hydrogens is 368 g/mol. The van der Waals surface area contributed by atoms with E-state index in [1.54, 1.807) is 6.07 Å². The highest BCUT2D eigenvalue weighted by Gasteiger charge is 2.40. The fourth-order valence-electron chi connectivity index (χ4n) is 4.71. The first-order valence-electron chi connectivity index (χ1n) is 9.91. The molecule has 1 spiro atoms. The van der Waals surface area contributed by atoms with Crippen molar-refractivity contribution >= 4 is 0 Å². The number of hydrogen-bond acceptors (Lipinski definition) is 1. The molecule has 5 heteroatoms. The molecule has 0 bridgehead atoms. The van der Waals surface area contributed by atoms with Crippen molar-refractivity contribution in [3.63, 3.8) is 0 Å². The molecule has 2 aliphatic rings. The summed E-state index contributed by atoms with van der Waals surface area (Å²) in [5.74, 6) is 0.228. The molecular formula is C23H24F4O. The lowest BCUT2D eigenvalue weighted by Gasteiger charge is -2.45. The van der Waals surface area contributed by atoms with Crippen LogP contribution in [0.15, 0.2) is 48.5 Å². The Morgan fingerprint density at radius 3 is 2.04 bits per heavy atom. The van der Waals surface area contributed by atoms with Crippen LogP contribution in [-0.2, 0) is 10.9 Å². The third-order valence-corrected chi connectivity index (χ3v) is 6.46. The minimum absolute atomic E-state index is 0.0164. The molecule has 1 nitrogen and oxygen atoms in total.